The molecule has 0 fully saturated rings. The Morgan fingerprint density at radius 1 is 1.11 bits per heavy atom. The molecule has 2 aromatic rings. The molecule has 18 heavy (non-hydrogen) atoms. The number of hydrogen-bond donors (Lipinski definition) is 0. The van der Waals surface area contributed by atoms with Gasteiger partial charge in [0.05, 0.1) is 0 Å². The summed E-state index contributed by atoms with van der Waals surface area (Å²) in [6.07, 6.45) is 1.99. The quantitative estimate of drug-likeness (QED) is 0.759. The molecular weight excluding hydrogens is 310 g/mol. The number of benzene rings is 2. The highest BCUT2D eigenvalue weighted by Gasteiger charge is 2.10. The summed E-state index contributed by atoms with van der Waals surface area (Å²) in [6, 6.07) is 15.4. The summed E-state index contributed by atoms with van der Waals surface area (Å²) in [5, 5.41) is 9.14. The van der Waals surface area contributed by atoms with E-state index in [1.54, 1.807) is 17.8 Å². The molecule has 0 bridgehead atoms. The fourth-order valence-corrected chi connectivity index (χ4v) is 2.48. The first-order chi connectivity index (χ1) is 8.76. The van der Waals surface area contributed by atoms with Crippen molar-refractivity contribution >= 4 is 27.7 Å². The Balaban J connectivity index is 2.41. The maximum absolute atomic E-state index is 9.14. The van der Waals surface area contributed by atoms with Crippen LogP contribution in [0.1, 0.15) is 5.56 Å². The van der Waals surface area contributed by atoms with Crippen LogP contribution in [0, 0.1) is 11.3 Å². The number of rotatable bonds is 3. The maximum atomic E-state index is 9.14. The molecule has 0 aromatic heterocycles. The van der Waals surface area contributed by atoms with Gasteiger partial charge in [0.2, 0.25) is 0 Å². The lowest BCUT2D eigenvalue weighted by Gasteiger charge is -2.11. The van der Waals surface area contributed by atoms with E-state index in [0.717, 1.165) is 15.1 Å². The van der Waals surface area contributed by atoms with Crippen LogP contribution < -0.4 is 4.74 Å². The van der Waals surface area contributed by atoms with Crippen molar-refractivity contribution in [1.29, 1.82) is 5.26 Å². The summed E-state index contributed by atoms with van der Waals surface area (Å²) in [5.41, 5.74) is 0.508. The van der Waals surface area contributed by atoms with Crippen LogP contribution in [0.3, 0.4) is 0 Å². The second-order valence-electron chi connectivity index (χ2n) is 3.48. The minimum atomic E-state index is 0.508. The zero-order valence-corrected chi connectivity index (χ0v) is 12.1. The third-order valence-corrected chi connectivity index (χ3v) is 3.81. The van der Waals surface area contributed by atoms with E-state index in [9.17, 15) is 0 Å². The van der Waals surface area contributed by atoms with Gasteiger partial charge in [0.25, 0.3) is 0 Å². The Hall–Kier alpha value is -1.44. The van der Waals surface area contributed by atoms with Crippen LogP contribution >= 0.6 is 27.7 Å². The smallest absolute Gasteiger partial charge is 0.146 e. The number of halogens is 1. The van der Waals surface area contributed by atoms with Crippen molar-refractivity contribution in [3.63, 3.8) is 0 Å². The minimum Gasteiger partial charge on any atom is -0.455 e. The van der Waals surface area contributed by atoms with Crippen LogP contribution in [0.15, 0.2) is 51.8 Å². The number of nitrogens with zero attached hydrogens (tertiary/aromatic N) is 1. The second-order valence-corrected chi connectivity index (χ2v) is 5.18. The lowest BCUT2D eigenvalue weighted by molar-refractivity contribution is 0.469. The summed E-state index contributed by atoms with van der Waals surface area (Å²) in [7, 11) is 0. The zero-order valence-electron chi connectivity index (χ0n) is 9.68. The van der Waals surface area contributed by atoms with E-state index in [-0.39, 0.29) is 0 Å². The Labute approximate surface area is 119 Å². The van der Waals surface area contributed by atoms with E-state index >= 15 is 0 Å². The molecule has 2 rings (SSSR count). The van der Waals surface area contributed by atoms with Gasteiger partial charge in [-0.15, -0.1) is 11.8 Å². The molecule has 2 nitrogen and oxygen atoms in total. The SMILES string of the molecule is CSc1ccccc1Oc1cccc(Br)c1C#N. The molecule has 2 aromatic carbocycles. The standard InChI is InChI=1S/C14H10BrNOS/c1-18-14-8-3-2-6-13(14)17-12-7-4-5-11(15)10(12)9-16/h2-8H,1H3. The summed E-state index contributed by atoms with van der Waals surface area (Å²) in [6.45, 7) is 0. The lowest BCUT2D eigenvalue weighted by atomic mass is 10.2. The predicted octanol–water partition coefficient (Wildman–Crippen LogP) is 4.83. The molecule has 0 radical (unpaired) electrons. The third kappa shape index (κ3) is 2.69. The van der Waals surface area contributed by atoms with Crippen molar-refractivity contribution < 1.29 is 4.74 Å². The van der Waals surface area contributed by atoms with Crippen LogP contribution in [0.25, 0.3) is 0 Å². The van der Waals surface area contributed by atoms with E-state index in [4.69, 9.17) is 10.00 Å². The van der Waals surface area contributed by atoms with Gasteiger partial charge in [-0.3, -0.25) is 0 Å². The molecular formula is C14H10BrNOS. The Morgan fingerprint density at radius 3 is 2.56 bits per heavy atom. The third-order valence-electron chi connectivity index (χ3n) is 2.38. The highest BCUT2D eigenvalue weighted by Crippen LogP contribution is 2.34. The van der Waals surface area contributed by atoms with E-state index in [1.807, 2.05) is 42.7 Å². The van der Waals surface area contributed by atoms with Gasteiger partial charge in [0.15, 0.2) is 0 Å². The number of para-hydroxylation sites is 1. The molecule has 0 aliphatic rings. The van der Waals surface area contributed by atoms with Gasteiger partial charge < -0.3 is 4.74 Å². The molecule has 0 unspecified atom stereocenters. The van der Waals surface area contributed by atoms with E-state index in [0.29, 0.717) is 11.3 Å². The number of thioether (sulfide) groups is 1. The highest BCUT2D eigenvalue weighted by molar-refractivity contribution is 9.10. The first kappa shape index (κ1) is 13.0. The van der Waals surface area contributed by atoms with Gasteiger partial charge in [-0.25, -0.2) is 0 Å². The van der Waals surface area contributed by atoms with Crippen molar-refractivity contribution in [1.82, 2.24) is 0 Å². The molecule has 0 saturated carbocycles. The summed E-state index contributed by atoms with van der Waals surface area (Å²) in [5.74, 6) is 1.33. The first-order valence-electron chi connectivity index (χ1n) is 5.25. The van der Waals surface area contributed by atoms with Gasteiger partial charge in [0.1, 0.15) is 23.1 Å². The van der Waals surface area contributed by atoms with Crippen molar-refractivity contribution in [2.75, 3.05) is 6.26 Å². The van der Waals surface area contributed by atoms with Crippen LogP contribution in [0.2, 0.25) is 0 Å². The lowest BCUT2D eigenvalue weighted by Crippen LogP contribution is -1.90. The molecule has 0 spiro atoms. The summed E-state index contributed by atoms with van der Waals surface area (Å²) < 4.78 is 6.57. The molecule has 0 aliphatic heterocycles. The van der Waals surface area contributed by atoms with Crippen LogP contribution in [-0.2, 0) is 0 Å². The maximum Gasteiger partial charge on any atom is 0.146 e. The second kappa shape index (κ2) is 5.94. The Bertz CT molecular complexity index is 607. The van der Waals surface area contributed by atoms with E-state index in [2.05, 4.69) is 22.0 Å². The van der Waals surface area contributed by atoms with Crippen molar-refractivity contribution in [3.05, 3.63) is 52.5 Å². The Morgan fingerprint density at radius 2 is 1.83 bits per heavy atom. The average molecular weight is 320 g/mol. The van der Waals surface area contributed by atoms with Gasteiger partial charge >= 0.3 is 0 Å². The van der Waals surface area contributed by atoms with Gasteiger partial charge in [-0.05, 0) is 46.5 Å². The molecule has 0 saturated heterocycles. The number of ether oxygens (including phenoxy) is 1. The predicted molar refractivity (Wildman–Crippen MR) is 77.2 cm³/mol. The Kier molecular flexibility index (Phi) is 4.29. The summed E-state index contributed by atoms with van der Waals surface area (Å²) >= 11 is 4.96. The molecule has 0 N–H and O–H groups in total. The monoisotopic (exact) mass is 319 g/mol. The average Bonchev–Trinajstić information content (AvgIpc) is 2.40. The van der Waals surface area contributed by atoms with Crippen molar-refractivity contribution in [2.45, 2.75) is 4.90 Å². The molecule has 0 aliphatic carbocycles. The molecule has 0 amide bonds. The van der Waals surface area contributed by atoms with Crippen molar-refractivity contribution in [2.24, 2.45) is 0 Å². The van der Waals surface area contributed by atoms with Crippen LogP contribution in [0.5, 0.6) is 11.5 Å². The van der Waals surface area contributed by atoms with Gasteiger partial charge in [-0.1, -0.05) is 18.2 Å². The number of nitriles is 1. The minimum absolute atomic E-state index is 0.508. The molecule has 90 valence electrons. The van der Waals surface area contributed by atoms with Gasteiger partial charge in [0, 0.05) is 9.37 Å². The summed E-state index contributed by atoms with van der Waals surface area (Å²) in [4.78, 5) is 1.04. The molecule has 0 heterocycles. The van der Waals surface area contributed by atoms with Crippen LogP contribution in [-0.4, -0.2) is 6.26 Å². The first-order valence-corrected chi connectivity index (χ1v) is 7.27. The molecule has 4 heteroatoms. The van der Waals surface area contributed by atoms with Gasteiger partial charge in [-0.2, -0.15) is 5.26 Å². The zero-order chi connectivity index (χ0) is 13.0. The fourth-order valence-electron chi connectivity index (χ4n) is 1.52. The van der Waals surface area contributed by atoms with E-state index in [1.165, 1.54) is 0 Å². The molecule has 0 atom stereocenters. The topological polar surface area (TPSA) is 33.0 Å². The van der Waals surface area contributed by atoms with Crippen LogP contribution in [0.4, 0.5) is 0 Å². The normalized spacial score (nSPS) is 9.83. The number of hydrogen-bond acceptors (Lipinski definition) is 3. The fraction of sp³-hybridized carbons (Fsp3) is 0.0714. The largest absolute Gasteiger partial charge is 0.455 e. The van der Waals surface area contributed by atoms with Crippen molar-refractivity contribution in [3.8, 4) is 17.6 Å². The highest BCUT2D eigenvalue weighted by atomic mass is 79.9. The van der Waals surface area contributed by atoms with E-state index < -0.39 is 0 Å².